The van der Waals surface area contributed by atoms with Crippen molar-refractivity contribution in [1.82, 2.24) is 4.98 Å². The van der Waals surface area contributed by atoms with Crippen LogP contribution in [0.15, 0.2) is 24.4 Å². The quantitative estimate of drug-likeness (QED) is 0.513. The Labute approximate surface area is 77.3 Å². The molecule has 1 heterocycles. The summed E-state index contributed by atoms with van der Waals surface area (Å²) in [7, 11) is 0. The average Bonchev–Trinajstić information content (AvgIpc) is 2.05. The van der Waals surface area contributed by atoms with Gasteiger partial charge in [-0.1, -0.05) is 13.0 Å². The van der Waals surface area contributed by atoms with Gasteiger partial charge in [-0.25, -0.2) is 0 Å². The molecule has 0 bridgehead atoms. The molecule has 0 aliphatic carbocycles. The SMILES string of the molecule is CC(C(=S)[S-])c1ccccn1. The third kappa shape index (κ3) is 2.20. The Bertz CT molecular complexity index is 246. The van der Waals surface area contributed by atoms with Gasteiger partial charge in [-0.05, 0) is 12.1 Å². The number of nitrogens with zero attached hydrogens (tertiary/aromatic N) is 1. The van der Waals surface area contributed by atoms with Crippen molar-refractivity contribution in [1.29, 1.82) is 0 Å². The first-order valence-electron chi connectivity index (χ1n) is 3.33. The fourth-order valence-corrected chi connectivity index (χ4v) is 0.994. The highest BCUT2D eigenvalue weighted by Gasteiger charge is 2.01. The van der Waals surface area contributed by atoms with Crippen LogP contribution in [0.1, 0.15) is 18.5 Å². The molecule has 3 heteroatoms. The molecule has 0 saturated heterocycles. The molecule has 1 rings (SSSR count). The van der Waals surface area contributed by atoms with E-state index in [1.54, 1.807) is 6.20 Å². The van der Waals surface area contributed by atoms with Crippen molar-refractivity contribution in [2.75, 3.05) is 0 Å². The molecule has 0 aliphatic heterocycles. The summed E-state index contributed by atoms with van der Waals surface area (Å²) in [5.74, 6) is 0.112. The molecule has 0 aliphatic rings. The molecular weight excluding hydrogens is 174 g/mol. The zero-order chi connectivity index (χ0) is 8.27. The molecule has 0 fully saturated rings. The van der Waals surface area contributed by atoms with Crippen LogP contribution in [0, 0.1) is 0 Å². The second-order valence-corrected chi connectivity index (χ2v) is 3.43. The summed E-state index contributed by atoms with van der Waals surface area (Å²) < 4.78 is 0.573. The van der Waals surface area contributed by atoms with E-state index < -0.39 is 0 Å². The van der Waals surface area contributed by atoms with Crippen molar-refractivity contribution in [3.8, 4) is 0 Å². The lowest BCUT2D eigenvalue weighted by atomic mass is 10.1. The fraction of sp³-hybridized carbons (Fsp3) is 0.250. The van der Waals surface area contributed by atoms with Gasteiger partial charge in [0.25, 0.3) is 0 Å². The van der Waals surface area contributed by atoms with Crippen molar-refractivity contribution >= 4 is 29.0 Å². The summed E-state index contributed by atoms with van der Waals surface area (Å²) in [6, 6.07) is 5.75. The third-order valence-electron chi connectivity index (χ3n) is 1.48. The zero-order valence-electron chi connectivity index (χ0n) is 6.15. The van der Waals surface area contributed by atoms with E-state index in [2.05, 4.69) is 4.98 Å². The Kier molecular flexibility index (Phi) is 2.91. The maximum Gasteiger partial charge on any atom is 0.0459 e. The molecule has 1 aromatic heterocycles. The van der Waals surface area contributed by atoms with Crippen molar-refractivity contribution in [3.63, 3.8) is 0 Å². The maximum atomic E-state index is 4.88. The van der Waals surface area contributed by atoms with Gasteiger partial charge in [-0.2, -0.15) is 0 Å². The van der Waals surface area contributed by atoms with Gasteiger partial charge in [0.2, 0.25) is 0 Å². The van der Waals surface area contributed by atoms with E-state index in [1.807, 2.05) is 25.1 Å². The monoisotopic (exact) mass is 182 g/mol. The highest BCUT2D eigenvalue weighted by Crippen LogP contribution is 2.12. The van der Waals surface area contributed by atoms with Gasteiger partial charge in [0.1, 0.15) is 0 Å². The first-order valence-corrected chi connectivity index (χ1v) is 4.15. The van der Waals surface area contributed by atoms with Gasteiger partial charge in [-0.15, -0.1) is 4.20 Å². The molecule has 58 valence electrons. The summed E-state index contributed by atoms with van der Waals surface area (Å²) in [5.41, 5.74) is 0.951. The highest BCUT2D eigenvalue weighted by molar-refractivity contribution is 8.00. The average molecular weight is 182 g/mol. The number of pyridine rings is 1. The lowest BCUT2D eigenvalue weighted by molar-refractivity contribution is 0.974. The molecule has 0 amide bonds. The zero-order valence-corrected chi connectivity index (χ0v) is 7.78. The molecule has 0 spiro atoms. The molecule has 0 radical (unpaired) electrons. The van der Waals surface area contributed by atoms with Gasteiger partial charge in [0, 0.05) is 17.8 Å². The van der Waals surface area contributed by atoms with E-state index in [0.717, 1.165) is 5.69 Å². The predicted molar refractivity (Wildman–Crippen MR) is 52.6 cm³/mol. The second kappa shape index (κ2) is 3.74. The summed E-state index contributed by atoms with van der Waals surface area (Å²) in [6.45, 7) is 1.97. The van der Waals surface area contributed by atoms with Crippen LogP contribution in [0.4, 0.5) is 0 Å². The Morgan fingerprint density at radius 3 is 2.82 bits per heavy atom. The first kappa shape index (κ1) is 8.56. The van der Waals surface area contributed by atoms with Crippen LogP contribution in [-0.2, 0) is 12.6 Å². The van der Waals surface area contributed by atoms with Gasteiger partial charge in [0.15, 0.2) is 0 Å². The molecule has 1 aromatic rings. The number of hydrogen-bond donors (Lipinski definition) is 0. The second-order valence-electron chi connectivity index (χ2n) is 2.30. The molecule has 1 nitrogen and oxygen atoms in total. The molecule has 0 aromatic carbocycles. The number of hydrogen-bond acceptors (Lipinski definition) is 3. The van der Waals surface area contributed by atoms with Crippen molar-refractivity contribution < 1.29 is 0 Å². The topological polar surface area (TPSA) is 12.9 Å². The number of thiocarbonyl (C=S) groups is 1. The van der Waals surface area contributed by atoms with Crippen molar-refractivity contribution in [2.45, 2.75) is 12.8 Å². The van der Waals surface area contributed by atoms with Gasteiger partial charge in [0.05, 0.1) is 0 Å². The summed E-state index contributed by atoms with van der Waals surface area (Å²) >= 11 is 9.75. The van der Waals surface area contributed by atoms with Crippen molar-refractivity contribution in [2.24, 2.45) is 0 Å². The minimum atomic E-state index is 0.112. The van der Waals surface area contributed by atoms with Gasteiger partial charge >= 0.3 is 0 Å². The van der Waals surface area contributed by atoms with E-state index in [4.69, 9.17) is 24.8 Å². The molecule has 0 saturated carbocycles. The van der Waals surface area contributed by atoms with Crippen LogP contribution < -0.4 is 0 Å². The molecule has 1 atom stereocenters. The maximum absolute atomic E-state index is 4.88. The minimum Gasteiger partial charge on any atom is -0.432 e. The van der Waals surface area contributed by atoms with E-state index in [1.165, 1.54) is 0 Å². The van der Waals surface area contributed by atoms with Crippen LogP contribution >= 0.6 is 12.2 Å². The standard InChI is InChI=1S/C8H9NS2/c1-6(8(10)11)7-4-2-3-5-9-7/h2-6H,1H3,(H,10,11)/p-1. The number of aromatic nitrogens is 1. The van der Waals surface area contributed by atoms with Gasteiger partial charge in [-0.3, -0.25) is 4.98 Å². The van der Waals surface area contributed by atoms with E-state index >= 15 is 0 Å². The van der Waals surface area contributed by atoms with E-state index in [0.29, 0.717) is 4.20 Å². The van der Waals surface area contributed by atoms with Crippen LogP contribution in [0.5, 0.6) is 0 Å². The lowest BCUT2D eigenvalue weighted by Crippen LogP contribution is -2.04. The third-order valence-corrected chi connectivity index (χ3v) is 2.19. The Balaban J connectivity index is 2.85. The van der Waals surface area contributed by atoms with Crippen LogP contribution in [0.2, 0.25) is 0 Å². The largest absolute Gasteiger partial charge is 0.432 e. The molecule has 0 N–H and O–H groups in total. The smallest absolute Gasteiger partial charge is 0.0459 e. The highest BCUT2D eigenvalue weighted by atomic mass is 32.1. The fourth-order valence-electron chi connectivity index (χ4n) is 0.753. The van der Waals surface area contributed by atoms with Gasteiger partial charge < -0.3 is 24.8 Å². The van der Waals surface area contributed by atoms with Crippen LogP contribution in [0.3, 0.4) is 0 Å². The van der Waals surface area contributed by atoms with E-state index in [9.17, 15) is 0 Å². The summed E-state index contributed by atoms with van der Waals surface area (Å²) in [6.07, 6.45) is 1.75. The van der Waals surface area contributed by atoms with Crippen LogP contribution in [0.25, 0.3) is 0 Å². The molecule has 11 heavy (non-hydrogen) atoms. The predicted octanol–water partition coefficient (Wildman–Crippen LogP) is 2.06. The molecular formula is C8H8NS2-. The summed E-state index contributed by atoms with van der Waals surface area (Å²) in [5, 5.41) is 0. The lowest BCUT2D eigenvalue weighted by Gasteiger charge is -2.13. The van der Waals surface area contributed by atoms with Crippen molar-refractivity contribution in [3.05, 3.63) is 30.1 Å². The normalized spacial score (nSPS) is 12.5. The minimum absolute atomic E-state index is 0.112. The first-order chi connectivity index (χ1) is 5.22. The summed E-state index contributed by atoms with van der Waals surface area (Å²) in [4.78, 5) is 4.15. The number of rotatable bonds is 2. The Hall–Kier alpha value is -0.540. The molecule has 1 unspecified atom stereocenters. The van der Waals surface area contributed by atoms with Crippen LogP contribution in [-0.4, -0.2) is 9.18 Å². The Morgan fingerprint density at radius 1 is 1.64 bits per heavy atom. The van der Waals surface area contributed by atoms with E-state index in [-0.39, 0.29) is 5.92 Å². The Morgan fingerprint density at radius 2 is 2.36 bits per heavy atom.